The molecule has 0 saturated heterocycles. The Morgan fingerprint density at radius 2 is 1.64 bits per heavy atom. The van der Waals surface area contributed by atoms with Crippen molar-refractivity contribution in [2.24, 2.45) is 5.92 Å². The van der Waals surface area contributed by atoms with Gasteiger partial charge < -0.3 is 25.2 Å². The molecule has 4 rings (SSSR count). The molecule has 2 amide bonds. The van der Waals surface area contributed by atoms with Gasteiger partial charge in [0, 0.05) is 24.4 Å². The molecule has 2 aliphatic rings. The number of fused-ring (bicyclic) bond motifs is 3. The van der Waals surface area contributed by atoms with Crippen LogP contribution in [0, 0.1) is 5.92 Å². The Bertz CT molecular complexity index is 978. The standard InChI is InChI=1S/C25H28N2O6/c28-23(29)15-32-12-11-26-24(30)16-9-10-17(13-16)27-25(31)33-14-22-20-7-3-1-5-18(20)19-6-2-4-8-21(19)22/h1-8,16-17,22H,9-15H2,(H,26,30)(H,27,31)(H,28,29). The second-order valence-corrected chi connectivity index (χ2v) is 8.41. The fourth-order valence-electron chi connectivity index (χ4n) is 4.71. The van der Waals surface area contributed by atoms with Crippen LogP contribution in [0.1, 0.15) is 36.3 Å². The highest BCUT2D eigenvalue weighted by Crippen LogP contribution is 2.44. The van der Waals surface area contributed by atoms with Crippen molar-refractivity contribution in [3.8, 4) is 11.1 Å². The van der Waals surface area contributed by atoms with Gasteiger partial charge in [-0.25, -0.2) is 9.59 Å². The molecular formula is C25H28N2O6. The van der Waals surface area contributed by atoms with Crippen molar-refractivity contribution in [3.05, 3.63) is 59.7 Å². The third kappa shape index (κ3) is 5.51. The largest absolute Gasteiger partial charge is 0.480 e. The molecule has 0 heterocycles. The zero-order valence-corrected chi connectivity index (χ0v) is 18.3. The lowest BCUT2D eigenvalue weighted by molar-refractivity contribution is -0.142. The predicted octanol–water partition coefficient (Wildman–Crippen LogP) is 2.91. The van der Waals surface area contributed by atoms with E-state index in [2.05, 4.69) is 34.9 Å². The van der Waals surface area contributed by atoms with Crippen molar-refractivity contribution < 1.29 is 29.0 Å². The highest BCUT2D eigenvalue weighted by atomic mass is 16.5. The molecule has 3 N–H and O–H groups in total. The highest BCUT2D eigenvalue weighted by molar-refractivity contribution is 5.80. The molecule has 2 aliphatic carbocycles. The fraction of sp³-hybridized carbons (Fsp3) is 0.400. The van der Waals surface area contributed by atoms with E-state index >= 15 is 0 Å². The molecule has 2 unspecified atom stereocenters. The van der Waals surface area contributed by atoms with Gasteiger partial charge in [-0.15, -0.1) is 0 Å². The van der Waals surface area contributed by atoms with Gasteiger partial charge in [0.2, 0.25) is 5.91 Å². The SMILES string of the molecule is O=C(O)COCCNC(=O)C1CCC(NC(=O)OCC2c3ccccc3-c3ccccc32)C1. The van der Waals surface area contributed by atoms with Crippen LogP contribution in [0.5, 0.6) is 0 Å². The van der Waals surface area contributed by atoms with Crippen molar-refractivity contribution in [2.45, 2.75) is 31.2 Å². The van der Waals surface area contributed by atoms with Crippen molar-refractivity contribution in [1.82, 2.24) is 10.6 Å². The molecule has 8 heteroatoms. The van der Waals surface area contributed by atoms with Crippen LogP contribution in [0.15, 0.2) is 48.5 Å². The van der Waals surface area contributed by atoms with E-state index in [9.17, 15) is 14.4 Å². The molecule has 174 valence electrons. The first-order valence-corrected chi connectivity index (χ1v) is 11.2. The maximum absolute atomic E-state index is 12.5. The number of nitrogens with one attached hydrogen (secondary N) is 2. The van der Waals surface area contributed by atoms with Crippen LogP contribution < -0.4 is 10.6 Å². The number of carboxylic acids is 1. The third-order valence-electron chi connectivity index (χ3n) is 6.24. The molecule has 0 aliphatic heterocycles. The molecule has 0 aromatic heterocycles. The van der Waals surface area contributed by atoms with Crippen molar-refractivity contribution in [3.63, 3.8) is 0 Å². The summed E-state index contributed by atoms with van der Waals surface area (Å²) in [4.78, 5) is 35.1. The normalized spacial score (nSPS) is 18.9. The summed E-state index contributed by atoms with van der Waals surface area (Å²) in [6.07, 6.45) is 1.46. The lowest BCUT2D eigenvalue weighted by atomic mass is 9.98. The number of rotatable bonds is 9. The molecule has 1 fully saturated rings. The van der Waals surface area contributed by atoms with E-state index in [0.717, 1.165) is 11.1 Å². The summed E-state index contributed by atoms with van der Waals surface area (Å²) < 4.78 is 10.5. The Hall–Kier alpha value is -3.39. The van der Waals surface area contributed by atoms with E-state index in [1.807, 2.05) is 24.3 Å². The van der Waals surface area contributed by atoms with Gasteiger partial charge in [0.15, 0.2) is 0 Å². The lowest BCUT2D eigenvalue weighted by Crippen LogP contribution is -2.36. The quantitative estimate of drug-likeness (QED) is 0.504. The van der Waals surface area contributed by atoms with E-state index in [-0.39, 0.29) is 50.2 Å². The number of hydrogen-bond acceptors (Lipinski definition) is 5. The summed E-state index contributed by atoms with van der Waals surface area (Å²) in [6.45, 7) is 0.275. The van der Waals surface area contributed by atoms with Gasteiger partial charge >= 0.3 is 12.1 Å². The van der Waals surface area contributed by atoms with Crippen LogP contribution in [0.2, 0.25) is 0 Å². The number of aliphatic carboxylic acids is 1. The Morgan fingerprint density at radius 3 is 2.30 bits per heavy atom. The first-order chi connectivity index (χ1) is 16.0. The Balaban J connectivity index is 1.22. The number of ether oxygens (including phenoxy) is 2. The van der Waals surface area contributed by atoms with Crippen LogP contribution in [-0.4, -0.2) is 55.5 Å². The summed E-state index contributed by atoms with van der Waals surface area (Å²) in [5.41, 5.74) is 4.69. The smallest absolute Gasteiger partial charge is 0.407 e. The van der Waals surface area contributed by atoms with Crippen LogP contribution in [0.3, 0.4) is 0 Å². The van der Waals surface area contributed by atoms with E-state index in [4.69, 9.17) is 14.6 Å². The van der Waals surface area contributed by atoms with Gasteiger partial charge in [0.1, 0.15) is 13.2 Å². The van der Waals surface area contributed by atoms with Gasteiger partial charge in [-0.3, -0.25) is 4.79 Å². The second-order valence-electron chi connectivity index (χ2n) is 8.41. The minimum Gasteiger partial charge on any atom is -0.480 e. The Morgan fingerprint density at radius 1 is 0.970 bits per heavy atom. The second kappa shape index (κ2) is 10.5. The maximum Gasteiger partial charge on any atom is 0.407 e. The van der Waals surface area contributed by atoms with E-state index in [1.165, 1.54) is 11.1 Å². The lowest BCUT2D eigenvalue weighted by Gasteiger charge is -2.17. The minimum absolute atomic E-state index is 0.00796. The first kappa shape index (κ1) is 22.8. The van der Waals surface area contributed by atoms with Gasteiger partial charge in [-0.1, -0.05) is 48.5 Å². The number of hydrogen-bond donors (Lipinski definition) is 3. The number of amides is 2. The topological polar surface area (TPSA) is 114 Å². The third-order valence-corrected chi connectivity index (χ3v) is 6.24. The average Bonchev–Trinajstić information content (AvgIpc) is 3.40. The zero-order chi connectivity index (χ0) is 23.2. The molecule has 0 spiro atoms. The predicted molar refractivity (Wildman–Crippen MR) is 121 cm³/mol. The number of benzene rings is 2. The van der Waals surface area contributed by atoms with Crippen LogP contribution in [-0.2, 0) is 19.1 Å². The van der Waals surface area contributed by atoms with Crippen LogP contribution >= 0.6 is 0 Å². The van der Waals surface area contributed by atoms with Crippen LogP contribution in [0.25, 0.3) is 11.1 Å². The first-order valence-electron chi connectivity index (χ1n) is 11.2. The van der Waals surface area contributed by atoms with Crippen molar-refractivity contribution >= 4 is 18.0 Å². The maximum atomic E-state index is 12.5. The summed E-state index contributed by atoms with van der Waals surface area (Å²) in [5.74, 6) is -1.33. The van der Waals surface area contributed by atoms with Gasteiger partial charge in [-0.05, 0) is 41.5 Å². The number of alkyl carbamates (subject to hydrolysis) is 1. The van der Waals surface area contributed by atoms with E-state index in [1.54, 1.807) is 0 Å². The summed E-state index contributed by atoms with van der Waals surface area (Å²) >= 11 is 0. The number of carbonyl (C=O) groups excluding carboxylic acids is 2. The van der Waals surface area contributed by atoms with Crippen LogP contribution in [0.4, 0.5) is 4.79 Å². The molecule has 8 nitrogen and oxygen atoms in total. The van der Waals surface area contributed by atoms with Crippen molar-refractivity contribution in [2.75, 3.05) is 26.4 Å². The molecule has 2 aromatic rings. The minimum atomic E-state index is -1.04. The average molecular weight is 453 g/mol. The van der Waals surface area contributed by atoms with Gasteiger partial charge in [-0.2, -0.15) is 0 Å². The summed E-state index contributed by atoms with van der Waals surface area (Å²) in [5, 5.41) is 14.2. The summed E-state index contributed by atoms with van der Waals surface area (Å²) in [7, 11) is 0. The summed E-state index contributed by atoms with van der Waals surface area (Å²) in [6, 6.07) is 16.3. The molecule has 2 atom stereocenters. The molecule has 33 heavy (non-hydrogen) atoms. The fourth-order valence-corrected chi connectivity index (χ4v) is 4.71. The van der Waals surface area contributed by atoms with E-state index < -0.39 is 12.1 Å². The van der Waals surface area contributed by atoms with Crippen molar-refractivity contribution in [1.29, 1.82) is 0 Å². The molecule has 0 radical (unpaired) electrons. The molecule has 1 saturated carbocycles. The molecule has 2 aromatic carbocycles. The Labute approximate surface area is 192 Å². The van der Waals surface area contributed by atoms with Gasteiger partial charge in [0.05, 0.1) is 6.61 Å². The number of carbonyl (C=O) groups is 3. The van der Waals surface area contributed by atoms with E-state index in [0.29, 0.717) is 19.3 Å². The molecule has 0 bridgehead atoms. The Kier molecular flexibility index (Phi) is 7.24. The molecular weight excluding hydrogens is 424 g/mol. The van der Waals surface area contributed by atoms with Gasteiger partial charge in [0.25, 0.3) is 0 Å². The monoisotopic (exact) mass is 452 g/mol. The number of carboxylic acid groups (broad SMARTS) is 1. The highest BCUT2D eigenvalue weighted by Gasteiger charge is 2.32. The zero-order valence-electron chi connectivity index (χ0n) is 18.3.